The van der Waals surface area contributed by atoms with Crippen LogP contribution in [-0.2, 0) is 0 Å². The van der Waals surface area contributed by atoms with Gasteiger partial charge in [-0.1, -0.05) is 42.3 Å². The van der Waals surface area contributed by atoms with E-state index in [9.17, 15) is 0 Å². The van der Waals surface area contributed by atoms with E-state index in [1.807, 2.05) is 24.3 Å². The Labute approximate surface area is 149 Å². The van der Waals surface area contributed by atoms with Crippen molar-refractivity contribution in [3.05, 3.63) is 53.0 Å². The predicted molar refractivity (Wildman–Crippen MR) is 96.3 cm³/mol. The fourth-order valence-corrected chi connectivity index (χ4v) is 4.36. The van der Waals surface area contributed by atoms with Crippen LogP contribution < -0.4 is 5.32 Å². The number of thiophene rings is 1. The Morgan fingerprint density at radius 3 is 2.65 bits per heavy atom. The molecule has 1 N–H and O–H groups in total. The Bertz CT molecular complexity index is 581. The van der Waals surface area contributed by atoms with Crippen molar-refractivity contribution < 1.29 is 0 Å². The van der Waals surface area contributed by atoms with E-state index < -0.39 is 0 Å². The van der Waals surface area contributed by atoms with Gasteiger partial charge < -0.3 is 5.32 Å². The second-order valence-corrected chi connectivity index (χ2v) is 8.34. The summed E-state index contributed by atoms with van der Waals surface area (Å²) in [7, 11) is 0. The van der Waals surface area contributed by atoms with Gasteiger partial charge in [0.15, 0.2) is 0 Å². The second-order valence-electron chi connectivity index (χ2n) is 4.30. The van der Waals surface area contributed by atoms with Gasteiger partial charge in [0.05, 0.1) is 19.9 Å². The third kappa shape index (κ3) is 3.79. The minimum atomic E-state index is 0.0498. The van der Waals surface area contributed by atoms with Crippen molar-refractivity contribution in [2.24, 2.45) is 0 Å². The van der Waals surface area contributed by atoms with Crippen LogP contribution in [-0.4, -0.2) is 6.54 Å². The van der Waals surface area contributed by atoms with Crippen LogP contribution >= 0.6 is 66.4 Å². The molecule has 0 bridgehead atoms. The van der Waals surface area contributed by atoms with Gasteiger partial charge >= 0.3 is 0 Å². The summed E-state index contributed by atoms with van der Waals surface area (Å²) in [6, 6.07) is 8.02. The van der Waals surface area contributed by atoms with Crippen LogP contribution in [0.4, 0.5) is 0 Å². The molecule has 2 aromatic rings. The first-order valence-corrected chi connectivity index (χ1v) is 9.32. The minimum absolute atomic E-state index is 0.0498. The maximum Gasteiger partial charge on any atom is 0.0888 e. The largest absolute Gasteiger partial charge is 0.306 e. The Balaban J connectivity index is 2.44. The van der Waals surface area contributed by atoms with E-state index in [0.29, 0.717) is 0 Å². The van der Waals surface area contributed by atoms with E-state index in [1.54, 1.807) is 11.3 Å². The summed E-state index contributed by atoms with van der Waals surface area (Å²) >= 11 is 21.2. The average Bonchev–Trinajstić information content (AvgIpc) is 2.74. The Morgan fingerprint density at radius 2 is 2.05 bits per heavy atom. The molecule has 1 atom stereocenters. The molecule has 0 saturated heterocycles. The van der Waals surface area contributed by atoms with E-state index in [0.717, 1.165) is 41.7 Å². The molecule has 108 valence electrons. The third-order valence-corrected chi connectivity index (χ3v) is 6.69. The molecule has 0 radical (unpaired) electrons. The fraction of sp³-hybridized carbons (Fsp3) is 0.286. The molecule has 6 heteroatoms. The highest BCUT2D eigenvalue weighted by Crippen LogP contribution is 2.40. The number of rotatable bonds is 5. The van der Waals surface area contributed by atoms with Crippen LogP contribution in [0.3, 0.4) is 0 Å². The number of benzene rings is 1. The molecule has 1 unspecified atom stereocenters. The van der Waals surface area contributed by atoms with Crippen LogP contribution in [0.15, 0.2) is 32.5 Å². The second kappa shape index (κ2) is 7.61. The monoisotopic (exact) mass is 455 g/mol. The Kier molecular flexibility index (Phi) is 6.39. The molecule has 1 aromatic heterocycles. The van der Waals surface area contributed by atoms with Crippen molar-refractivity contribution >= 4 is 66.4 Å². The summed E-state index contributed by atoms with van der Waals surface area (Å²) in [6.07, 6.45) is 1.06. The lowest BCUT2D eigenvalue weighted by Crippen LogP contribution is -2.22. The van der Waals surface area contributed by atoms with E-state index in [2.05, 4.69) is 44.1 Å². The lowest BCUT2D eigenvalue weighted by atomic mass is 10.1. The quantitative estimate of drug-likeness (QED) is 0.528. The van der Waals surface area contributed by atoms with Gasteiger partial charge in [0, 0.05) is 9.35 Å². The highest BCUT2D eigenvalue weighted by molar-refractivity contribution is 9.11. The highest BCUT2D eigenvalue weighted by atomic mass is 79.9. The van der Waals surface area contributed by atoms with Gasteiger partial charge in [0.1, 0.15) is 0 Å². The average molecular weight is 458 g/mol. The zero-order valence-corrected chi connectivity index (χ0v) is 16.2. The molecule has 0 spiro atoms. The molecular formula is C14H13Br2Cl2NS. The van der Waals surface area contributed by atoms with E-state index in [-0.39, 0.29) is 6.04 Å². The number of nitrogens with one attached hydrogen (secondary N) is 1. The first-order chi connectivity index (χ1) is 9.54. The van der Waals surface area contributed by atoms with Crippen LogP contribution in [0.25, 0.3) is 0 Å². The molecule has 1 nitrogen and oxygen atoms in total. The van der Waals surface area contributed by atoms with Crippen molar-refractivity contribution in [3.8, 4) is 0 Å². The molecular weight excluding hydrogens is 445 g/mol. The van der Waals surface area contributed by atoms with Crippen molar-refractivity contribution in [1.82, 2.24) is 5.32 Å². The van der Waals surface area contributed by atoms with Gasteiger partial charge in [-0.25, -0.2) is 0 Å². The molecule has 20 heavy (non-hydrogen) atoms. The van der Waals surface area contributed by atoms with Crippen molar-refractivity contribution in [2.45, 2.75) is 19.4 Å². The van der Waals surface area contributed by atoms with Crippen molar-refractivity contribution in [2.75, 3.05) is 6.54 Å². The van der Waals surface area contributed by atoms with Crippen LogP contribution in [0, 0.1) is 0 Å². The lowest BCUT2D eigenvalue weighted by Gasteiger charge is -2.19. The summed E-state index contributed by atoms with van der Waals surface area (Å²) in [4.78, 5) is 1.15. The SMILES string of the molecule is CCCNC(c1cc(Cl)c(Br)s1)c1cccc(Br)c1Cl. The number of halogens is 4. The van der Waals surface area contributed by atoms with Gasteiger partial charge in [0.25, 0.3) is 0 Å². The summed E-state index contributed by atoms with van der Waals surface area (Å²) in [5.41, 5.74) is 1.06. The molecule has 0 aliphatic rings. The Morgan fingerprint density at radius 1 is 1.30 bits per heavy atom. The fourth-order valence-electron chi connectivity index (χ4n) is 1.90. The van der Waals surface area contributed by atoms with Gasteiger partial charge in [-0.2, -0.15) is 0 Å². The topological polar surface area (TPSA) is 12.0 Å². The first kappa shape index (κ1) is 16.8. The summed E-state index contributed by atoms with van der Waals surface area (Å²) in [5.74, 6) is 0. The maximum atomic E-state index is 6.44. The molecule has 0 aliphatic heterocycles. The van der Waals surface area contributed by atoms with E-state index >= 15 is 0 Å². The molecule has 1 heterocycles. The third-order valence-electron chi connectivity index (χ3n) is 2.84. The summed E-state index contributed by atoms with van der Waals surface area (Å²) in [5, 5.41) is 5.01. The van der Waals surface area contributed by atoms with Crippen LogP contribution in [0.1, 0.15) is 29.8 Å². The van der Waals surface area contributed by atoms with Crippen molar-refractivity contribution in [1.29, 1.82) is 0 Å². The molecule has 0 saturated carbocycles. The Hall–Kier alpha value is 0.420. The predicted octanol–water partition coefficient (Wildman–Crippen LogP) is 6.67. The van der Waals surface area contributed by atoms with Crippen LogP contribution in [0.2, 0.25) is 10.0 Å². The lowest BCUT2D eigenvalue weighted by molar-refractivity contribution is 0.606. The standard InChI is InChI=1S/C14H13Br2Cl2NS/c1-2-6-19-13(11-7-10(17)14(16)20-11)8-4-3-5-9(15)12(8)18/h3-5,7,13,19H,2,6H2,1H3. The minimum Gasteiger partial charge on any atom is -0.306 e. The zero-order chi connectivity index (χ0) is 14.7. The molecule has 0 aliphatic carbocycles. The van der Waals surface area contributed by atoms with Gasteiger partial charge in [-0.05, 0) is 62.5 Å². The number of hydrogen-bond acceptors (Lipinski definition) is 2. The maximum absolute atomic E-state index is 6.44. The highest BCUT2D eigenvalue weighted by Gasteiger charge is 2.20. The van der Waals surface area contributed by atoms with Crippen molar-refractivity contribution in [3.63, 3.8) is 0 Å². The van der Waals surface area contributed by atoms with Crippen LogP contribution in [0.5, 0.6) is 0 Å². The van der Waals surface area contributed by atoms with Gasteiger partial charge in [-0.15, -0.1) is 11.3 Å². The molecule has 1 aromatic carbocycles. The van der Waals surface area contributed by atoms with E-state index in [1.165, 1.54) is 0 Å². The molecule has 0 amide bonds. The normalized spacial score (nSPS) is 12.7. The summed E-state index contributed by atoms with van der Waals surface area (Å²) < 4.78 is 1.85. The zero-order valence-electron chi connectivity index (χ0n) is 10.7. The van der Waals surface area contributed by atoms with Gasteiger partial charge in [-0.3, -0.25) is 0 Å². The smallest absolute Gasteiger partial charge is 0.0888 e. The number of hydrogen-bond donors (Lipinski definition) is 1. The van der Waals surface area contributed by atoms with Gasteiger partial charge in [0.2, 0.25) is 0 Å². The summed E-state index contributed by atoms with van der Waals surface area (Å²) in [6.45, 7) is 3.06. The molecule has 2 rings (SSSR count). The van der Waals surface area contributed by atoms with E-state index in [4.69, 9.17) is 23.2 Å². The first-order valence-electron chi connectivity index (χ1n) is 6.16. The molecule has 0 fully saturated rings.